The smallest absolute Gasteiger partial charge is 0.328 e. The second kappa shape index (κ2) is 4.72. The van der Waals surface area contributed by atoms with Crippen molar-refractivity contribution in [2.75, 3.05) is 30.0 Å². The van der Waals surface area contributed by atoms with E-state index in [-0.39, 0.29) is 17.3 Å². The van der Waals surface area contributed by atoms with Crippen LogP contribution in [0.4, 0.5) is 21.5 Å². The van der Waals surface area contributed by atoms with E-state index in [0.29, 0.717) is 18.7 Å². The van der Waals surface area contributed by atoms with E-state index in [2.05, 4.69) is 0 Å². The van der Waals surface area contributed by atoms with Crippen molar-refractivity contribution in [1.29, 1.82) is 0 Å². The first kappa shape index (κ1) is 12.5. The van der Waals surface area contributed by atoms with Crippen LogP contribution < -0.4 is 16.4 Å². The van der Waals surface area contributed by atoms with E-state index in [4.69, 9.17) is 16.2 Å². The molecule has 1 aromatic rings. The number of nitrogen functional groups attached to an aromatic ring is 2. The summed E-state index contributed by atoms with van der Waals surface area (Å²) < 4.78 is 18.8. The molecule has 0 spiro atoms. The molecule has 2 rings (SSSR count). The largest absolute Gasteiger partial charge is 0.467 e. The van der Waals surface area contributed by atoms with Crippen LogP contribution in [0, 0.1) is 5.82 Å². The van der Waals surface area contributed by atoms with E-state index in [0.717, 1.165) is 6.42 Å². The van der Waals surface area contributed by atoms with Gasteiger partial charge in [-0.3, -0.25) is 0 Å². The number of hydrogen-bond acceptors (Lipinski definition) is 5. The van der Waals surface area contributed by atoms with Crippen molar-refractivity contribution in [2.45, 2.75) is 18.9 Å². The van der Waals surface area contributed by atoms with Gasteiger partial charge in [-0.05, 0) is 25.0 Å². The molecule has 5 nitrogen and oxygen atoms in total. The summed E-state index contributed by atoms with van der Waals surface area (Å²) in [4.78, 5) is 13.3. The van der Waals surface area contributed by atoms with E-state index in [1.54, 1.807) is 17.0 Å². The summed E-state index contributed by atoms with van der Waals surface area (Å²) in [6, 6.07) is 2.63. The van der Waals surface area contributed by atoms with Gasteiger partial charge in [-0.15, -0.1) is 0 Å². The summed E-state index contributed by atoms with van der Waals surface area (Å²) in [5.41, 5.74) is 11.5. The Morgan fingerprint density at radius 3 is 2.89 bits per heavy atom. The molecule has 1 aliphatic heterocycles. The highest BCUT2D eigenvalue weighted by atomic mass is 19.1. The second-order valence-corrected chi connectivity index (χ2v) is 4.28. The van der Waals surface area contributed by atoms with Gasteiger partial charge in [0.15, 0.2) is 5.82 Å². The van der Waals surface area contributed by atoms with Gasteiger partial charge < -0.3 is 21.1 Å². The zero-order valence-corrected chi connectivity index (χ0v) is 10.1. The first-order valence-corrected chi connectivity index (χ1v) is 5.74. The lowest BCUT2D eigenvalue weighted by molar-refractivity contribution is -0.141. The number of halogens is 1. The monoisotopic (exact) mass is 253 g/mol. The molecule has 0 radical (unpaired) electrons. The first-order chi connectivity index (χ1) is 8.56. The molecule has 1 aromatic carbocycles. The number of nitrogens with zero attached hydrogens (tertiary/aromatic N) is 1. The minimum atomic E-state index is -0.578. The molecule has 18 heavy (non-hydrogen) atoms. The molecule has 0 aliphatic carbocycles. The number of nitrogens with two attached hydrogens (primary N) is 2. The van der Waals surface area contributed by atoms with Gasteiger partial charge in [-0.25, -0.2) is 9.18 Å². The third kappa shape index (κ3) is 1.94. The van der Waals surface area contributed by atoms with E-state index in [9.17, 15) is 9.18 Å². The second-order valence-electron chi connectivity index (χ2n) is 4.28. The standard InChI is InChI=1S/C12H16FN3O2/c1-18-12(17)9-3-2-6-16(9)8-5-4-7(14)11(15)10(8)13/h4-5,9H,2-3,6,14-15H2,1H3/t9-/m0/s1. The summed E-state index contributed by atoms with van der Waals surface area (Å²) in [7, 11) is 1.33. The molecular formula is C12H16FN3O2. The molecule has 4 N–H and O–H groups in total. The topological polar surface area (TPSA) is 81.6 Å². The number of ether oxygens (including phenoxy) is 1. The van der Waals surface area contributed by atoms with Gasteiger partial charge in [0.25, 0.3) is 0 Å². The fourth-order valence-electron chi connectivity index (χ4n) is 2.25. The van der Waals surface area contributed by atoms with Crippen LogP contribution in [0.5, 0.6) is 0 Å². The SMILES string of the molecule is COC(=O)[C@@H]1CCCN1c1ccc(N)c(N)c1F. The Balaban J connectivity index is 2.36. The predicted octanol–water partition coefficient (Wildman–Crippen LogP) is 1.13. The quantitative estimate of drug-likeness (QED) is 0.610. The number of benzene rings is 1. The molecule has 1 saturated heterocycles. The number of carbonyl (C=O) groups is 1. The van der Waals surface area contributed by atoms with Gasteiger partial charge in [0, 0.05) is 6.54 Å². The molecule has 1 fully saturated rings. The Hall–Kier alpha value is -1.98. The fourth-order valence-corrected chi connectivity index (χ4v) is 2.25. The van der Waals surface area contributed by atoms with Crippen molar-refractivity contribution in [3.8, 4) is 0 Å². The van der Waals surface area contributed by atoms with Crippen LogP contribution >= 0.6 is 0 Å². The van der Waals surface area contributed by atoms with E-state index >= 15 is 0 Å². The van der Waals surface area contributed by atoms with Gasteiger partial charge in [0.05, 0.1) is 24.2 Å². The summed E-state index contributed by atoms with van der Waals surface area (Å²) in [5.74, 6) is -0.937. The Morgan fingerprint density at radius 2 is 2.22 bits per heavy atom. The Labute approximate surface area is 104 Å². The van der Waals surface area contributed by atoms with Crippen LogP contribution in [0.2, 0.25) is 0 Å². The zero-order valence-electron chi connectivity index (χ0n) is 10.1. The van der Waals surface area contributed by atoms with Crippen molar-refractivity contribution in [1.82, 2.24) is 0 Å². The molecule has 0 amide bonds. The summed E-state index contributed by atoms with van der Waals surface area (Å²) in [5, 5.41) is 0. The van der Waals surface area contributed by atoms with Crippen LogP contribution in [0.1, 0.15) is 12.8 Å². The van der Waals surface area contributed by atoms with Gasteiger partial charge in [0.2, 0.25) is 0 Å². The van der Waals surface area contributed by atoms with E-state index in [1.807, 2.05) is 0 Å². The molecule has 0 saturated carbocycles. The van der Waals surface area contributed by atoms with Gasteiger partial charge in [-0.1, -0.05) is 0 Å². The summed E-state index contributed by atoms with van der Waals surface area (Å²) >= 11 is 0. The van der Waals surface area contributed by atoms with Crippen LogP contribution in [-0.2, 0) is 9.53 Å². The maximum absolute atomic E-state index is 14.1. The highest BCUT2D eigenvalue weighted by molar-refractivity contribution is 5.82. The maximum Gasteiger partial charge on any atom is 0.328 e. The lowest BCUT2D eigenvalue weighted by Gasteiger charge is -2.25. The van der Waals surface area contributed by atoms with Crippen molar-refractivity contribution < 1.29 is 13.9 Å². The average molecular weight is 253 g/mol. The van der Waals surface area contributed by atoms with Crippen LogP contribution in [0.3, 0.4) is 0 Å². The number of esters is 1. The first-order valence-electron chi connectivity index (χ1n) is 5.74. The van der Waals surface area contributed by atoms with Crippen LogP contribution in [0.25, 0.3) is 0 Å². The Bertz CT molecular complexity index is 479. The lowest BCUT2D eigenvalue weighted by Crippen LogP contribution is -2.37. The average Bonchev–Trinajstić information content (AvgIpc) is 2.84. The van der Waals surface area contributed by atoms with E-state index in [1.165, 1.54) is 7.11 Å². The highest BCUT2D eigenvalue weighted by Gasteiger charge is 2.33. The van der Waals surface area contributed by atoms with Gasteiger partial charge in [0.1, 0.15) is 6.04 Å². The van der Waals surface area contributed by atoms with Crippen molar-refractivity contribution in [2.24, 2.45) is 0 Å². The molecule has 1 atom stereocenters. The molecule has 0 aromatic heterocycles. The summed E-state index contributed by atoms with van der Waals surface area (Å²) in [6.07, 6.45) is 1.46. The fraction of sp³-hybridized carbons (Fsp3) is 0.417. The van der Waals surface area contributed by atoms with E-state index < -0.39 is 11.9 Å². The molecular weight excluding hydrogens is 237 g/mol. The summed E-state index contributed by atoms with van der Waals surface area (Å²) in [6.45, 7) is 0.597. The zero-order chi connectivity index (χ0) is 13.3. The van der Waals surface area contributed by atoms with Crippen molar-refractivity contribution in [3.05, 3.63) is 17.9 Å². The number of rotatable bonds is 2. The molecule has 1 heterocycles. The molecule has 6 heteroatoms. The predicted molar refractivity (Wildman–Crippen MR) is 67.6 cm³/mol. The maximum atomic E-state index is 14.1. The Morgan fingerprint density at radius 1 is 1.50 bits per heavy atom. The number of anilines is 3. The number of carbonyl (C=O) groups excluding carboxylic acids is 1. The third-order valence-corrected chi connectivity index (χ3v) is 3.23. The third-order valence-electron chi connectivity index (χ3n) is 3.23. The minimum Gasteiger partial charge on any atom is -0.467 e. The molecule has 98 valence electrons. The Kier molecular flexibility index (Phi) is 3.27. The van der Waals surface area contributed by atoms with Gasteiger partial charge >= 0.3 is 5.97 Å². The number of hydrogen-bond donors (Lipinski definition) is 2. The molecule has 1 aliphatic rings. The minimum absolute atomic E-state index is 0.0805. The lowest BCUT2D eigenvalue weighted by atomic mass is 10.2. The van der Waals surface area contributed by atoms with Crippen LogP contribution in [0.15, 0.2) is 12.1 Å². The normalized spacial score (nSPS) is 19.0. The molecule has 0 bridgehead atoms. The highest BCUT2D eigenvalue weighted by Crippen LogP contribution is 2.33. The number of methoxy groups -OCH3 is 1. The van der Waals surface area contributed by atoms with Crippen LogP contribution in [-0.4, -0.2) is 25.7 Å². The van der Waals surface area contributed by atoms with Gasteiger partial charge in [-0.2, -0.15) is 0 Å². The molecule has 0 unspecified atom stereocenters. The van der Waals surface area contributed by atoms with Crippen molar-refractivity contribution in [3.63, 3.8) is 0 Å². The van der Waals surface area contributed by atoms with Crippen molar-refractivity contribution >= 4 is 23.0 Å².